The molecule has 2 aliphatic heterocycles. The molecule has 2 atom stereocenters. The summed E-state index contributed by atoms with van der Waals surface area (Å²) < 4.78 is 0. The van der Waals surface area contributed by atoms with E-state index in [1.807, 2.05) is 24.3 Å². The first-order valence-electron chi connectivity index (χ1n) is 6.92. The molecule has 3 rings (SSSR count). The standard InChI is InChI=1S/C16H17NOS/c17-8-7-11-1-3-12(4-2-11)16(18)13-9-14-5-6-15(10-13)19-14/h1-4,13-15H,5-7,9-10H2. The van der Waals surface area contributed by atoms with Crippen LogP contribution in [0.3, 0.4) is 0 Å². The first kappa shape index (κ1) is 12.7. The molecule has 19 heavy (non-hydrogen) atoms. The Kier molecular flexibility index (Phi) is 3.61. The number of nitriles is 1. The first-order chi connectivity index (χ1) is 9.26. The number of Topliss-reactive ketones (excluding diaryl/α,β-unsaturated/α-hetero) is 1. The molecule has 1 aromatic carbocycles. The van der Waals surface area contributed by atoms with Crippen LogP contribution in [0.2, 0.25) is 0 Å². The van der Waals surface area contributed by atoms with Gasteiger partial charge in [0.1, 0.15) is 0 Å². The van der Waals surface area contributed by atoms with Gasteiger partial charge in [-0.25, -0.2) is 0 Å². The van der Waals surface area contributed by atoms with E-state index < -0.39 is 0 Å². The number of carbonyl (C=O) groups is 1. The summed E-state index contributed by atoms with van der Waals surface area (Å²) in [6.45, 7) is 0. The molecule has 0 aromatic heterocycles. The minimum Gasteiger partial charge on any atom is -0.294 e. The highest BCUT2D eigenvalue weighted by Gasteiger charge is 2.37. The van der Waals surface area contributed by atoms with Crippen LogP contribution in [0.15, 0.2) is 24.3 Å². The van der Waals surface area contributed by atoms with Gasteiger partial charge in [-0.05, 0) is 31.2 Å². The van der Waals surface area contributed by atoms with Crippen molar-refractivity contribution < 1.29 is 4.79 Å². The molecular formula is C16H17NOS. The normalized spacial score (nSPS) is 28.9. The van der Waals surface area contributed by atoms with Gasteiger partial charge in [0.2, 0.25) is 0 Å². The molecular weight excluding hydrogens is 254 g/mol. The van der Waals surface area contributed by atoms with Gasteiger partial charge in [-0.15, -0.1) is 0 Å². The van der Waals surface area contributed by atoms with Crippen molar-refractivity contribution in [2.75, 3.05) is 0 Å². The maximum absolute atomic E-state index is 12.5. The van der Waals surface area contributed by atoms with E-state index in [0.29, 0.717) is 22.7 Å². The van der Waals surface area contributed by atoms with Crippen LogP contribution in [-0.2, 0) is 6.42 Å². The summed E-state index contributed by atoms with van der Waals surface area (Å²) in [7, 11) is 0. The largest absolute Gasteiger partial charge is 0.294 e. The van der Waals surface area contributed by atoms with Gasteiger partial charge in [-0.3, -0.25) is 4.79 Å². The zero-order valence-corrected chi connectivity index (χ0v) is 11.7. The van der Waals surface area contributed by atoms with Gasteiger partial charge < -0.3 is 0 Å². The van der Waals surface area contributed by atoms with Crippen molar-refractivity contribution in [3.05, 3.63) is 35.4 Å². The molecule has 2 heterocycles. The van der Waals surface area contributed by atoms with Gasteiger partial charge >= 0.3 is 0 Å². The molecule has 2 saturated heterocycles. The van der Waals surface area contributed by atoms with E-state index in [1.54, 1.807) is 0 Å². The number of fused-ring (bicyclic) bond motifs is 2. The fourth-order valence-electron chi connectivity index (χ4n) is 3.19. The predicted molar refractivity (Wildman–Crippen MR) is 77.2 cm³/mol. The second-order valence-corrected chi connectivity index (χ2v) is 7.13. The zero-order chi connectivity index (χ0) is 13.2. The highest BCUT2D eigenvalue weighted by Crippen LogP contribution is 2.46. The van der Waals surface area contributed by atoms with Gasteiger partial charge in [0.25, 0.3) is 0 Å². The number of nitrogens with zero attached hydrogens (tertiary/aromatic N) is 1. The van der Waals surface area contributed by atoms with Crippen molar-refractivity contribution in [2.45, 2.75) is 42.6 Å². The van der Waals surface area contributed by atoms with Crippen LogP contribution in [0.4, 0.5) is 0 Å². The van der Waals surface area contributed by atoms with Crippen LogP contribution >= 0.6 is 11.8 Å². The fraction of sp³-hybridized carbons (Fsp3) is 0.500. The van der Waals surface area contributed by atoms with Gasteiger partial charge in [-0.2, -0.15) is 17.0 Å². The number of carbonyl (C=O) groups excluding carboxylic acids is 1. The van der Waals surface area contributed by atoms with Crippen LogP contribution in [0.5, 0.6) is 0 Å². The number of benzene rings is 1. The Morgan fingerprint density at radius 2 is 1.84 bits per heavy atom. The Hall–Kier alpha value is -1.27. The lowest BCUT2D eigenvalue weighted by Gasteiger charge is -2.26. The van der Waals surface area contributed by atoms with Crippen molar-refractivity contribution in [1.29, 1.82) is 5.26 Å². The van der Waals surface area contributed by atoms with E-state index in [9.17, 15) is 4.79 Å². The lowest BCUT2D eigenvalue weighted by atomic mass is 9.90. The summed E-state index contributed by atoms with van der Waals surface area (Å²) in [5.41, 5.74) is 1.80. The lowest BCUT2D eigenvalue weighted by Crippen LogP contribution is -2.24. The monoisotopic (exact) mass is 271 g/mol. The van der Waals surface area contributed by atoms with E-state index >= 15 is 0 Å². The minimum atomic E-state index is 0.223. The second kappa shape index (κ2) is 5.38. The van der Waals surface area contributed by atoms with E-state index in [4.69, 9.17) is 5.26 Å². The summed E-state index contributed by atoms with van der Waals surface area (Å²) in [6, 6.07) is 9.71. The Labute approximate surface area is 118 Å². The molecule has 0 spiro atoms. The van der Waals surface area contributed by atoms with Gasteiger partial charge in [0.15, 0.2) is 5.78 Å². The van der Waals surface area contributed by atoms with Crippen molar-refractivity contribution in [1.82, 2.24) is 0 Å². The average Bonchev–Trinajstić information content (AvgIpc) is 2.78. The van der Waals surface area contributed by atoms with Crippen LogP contribution in [0.25, 0.3) is 0 Å². The third kappa shape index (κ3) is 2.69. The summed E-state index contributed by atoms with van der Waals surface area (Å²) in [4.78, 5) is 12.5. The van der Waals surface area contributed by atoms with Crippen LogP contribution in [0.1, 0.15) is 41.6 Å². The molecule has 0 saturated carbocycles. The lowest BCUT2D eigenvalue weighted by molar-refractivity contribution is 0.0907. The number of hydrogen-bond donors (Lipinski definition) is 0. The van der Waals surface area contributed by atoms with Gasteiger partial charge in [-0.1, -0.05) is 24.3 Å². The molecule has 0 amide bonds. The van der Waals surface area contributed by atoms with Crippen molar-refractivity contribution in [3.63, 3.8) is 0 Å². The quantitative estimate of drug-likeness (QED) is 0.789. The second-order valence-electron chi connectivity index (χ2n) is 5.52. The Bertz CT molecular complexity index is 505. The summed E-state index contributed by atoms with van der Waals surface area (Å²) >= 11 is 2.09. The molecule has 98 valence electrons. The number of thioether (sulfide) groups is 1. The number of rotatable bonds is 3. The Balaban J connectivity index is 1.71. The molecule has 0 aliphatic carbocycles. The molecule has 3 heteroatoms. The molecule has 2 aliphatic rings. The van der Waals surface area contributed by atoms with Crippen LogP contribution in [-0.4, -0.2) is 16.3 Å². The molecule has 0 radical (unpaired) electrons. The molecule has 2 unspecified atom stereocenters. The molecule has 1 aromatic rings. The average molecular weight is 271 g/mol. The van der Waals surface area contributed by atoms with E-state index in [1.165, 1.54) is 12.8 Å². The smallest absolute Gasteiger partial charge is 0.166 e. The topological polar surface area (TPSA) is 40.9 Å². The molecule has 2 fully saturated rings. The molecule has 2 bridgehead atoms. The van der Waals surface area contributed by atoms with Crippen LogP contribution in [0, 0.1) is 17.2 Å². The minimum absolute atomic E-state index is 0.223. The third-order valence-corrected chi connectivity index (χ3v) is 5.81. The maximum atomic E-state index is 12.5. The van der Waals surface area contributed by atoms with Crippen LogP contribution < -0.4 is 0 Å². The van der Waals surface area contributed by atoms with E-state index in [0.717, 1.165) is 24.0 Å². The van der Waals surface area contributed by atoms with Crippen molar-refractivity contribution >= 4 is 17.5 Å². The van der Waals surface area contributed by atoms with E-state index in [2.05, 4.69) is 17.8 Å². The Morgan fingerprint density at radius 3 is 2.42 bits per heavy atom. The van der Waals surface area contributed by atoms with Gasteiger partial charge in [0.05, 0.1) is 12.5 Å². The summed E-state index contributed by atoms with van der Waals surface area (Å²) in [5, 5.41) is 10.1. The highest BCUT2D eigenvalue weighted by molar-refractivity contribution is 8.00. The van der Waals surface area contributed by atoms with Crippen molar-refractivity contribution in [3.8, 4) is 6.07 Å². The SMILES string of the molecule is N#CCc1ccc(C(=O)C2CC3CCC(C2)S3)cc1. The highest BCUT2D eigenvalue weighted by atomic mass is 32.2. The molecule has 2 nitrogen and oxygen atoms in total. The third-order valence-electron chi connectivity index (χ3n) is 4.18. The summed E-state index contributed by atoms with van der Waals surface area (Å²) in [5.74, 6) is 0.529. The Morgan fingerprint density at radius 1 is 1.21 bits per heavy atom. The molecule has 0 N–H and O–H groups in total. The predicted octanol–water partition coefficient (Wildman–Crippen LogP) is 3.61. The number of ketones is 1. The fourth-order valence-corrected chi connectivity index (χ4v) is 4.96. The van der Waals surface area contributed by atoms with E-state index in [-0.39, 0.29) is 5.92 Å². The maximum Gasteiger partial charge on any atom is 0.166 e. The van der Waals surface area contributed by atoms with Gasteiger partial charge in [0, 0.05) is 22.0 Å². The summed E-state index contributed by atoms with van der Waals surface area (Å²) in [6.07, 6.45) is 5.11. The van der Waals surface area contributed by atoms with Crippen molar-refractivity contribution in [2.24, 2.45) is 5.92 Å². The zero-order valence-electron chi connectivity index (χ0n) is 10.8. The number of hydrogen-bond acceptors (Lipinski definition) is 3. The first-order valence-corrected chi connectivity index (χ1v) is 7.86.